The molecule has 0 saturated heterocycles. The van der Waals surface area contributed by atoms with E-state index in [4.69, 9.17) is 0 Å². The number of nitro groups is 2. The highest BCUT2D eigenvalue weighted by Crippen LogP contribution is 2.15. The second-order valence-corrected chi connectivity index (χ2v) is 6.12. The van der Waals surface area contributed by atoms with Crippen molar-refractivity contribution in [2.75, 3.05) is 0 Å². The largest absolute Gasteiger partial charge is 0.276 e. The van der Waals surface area contributed by atoms with Crippen LogP contribution in [0.25, 0.3) is 0 Å². The van der Waals surface area contributed by atoms with Crippen LogP contribution < -0.4 is 4.83 Å². The lowest BCUT2D eigenvalue weighted by molar-refractivity contribution is -0.385. The SMILES string of the molecule is O=[N+]([O-])c1ccc(S(=O)(=O)NN=Cc2cccc([N+](=O)[O-])c2)cc1. The van der Waals surface area contributed by atoms with Gasteiger partial charge in [0, 0.05) is 29.8 Å². The summed E-state index contributed by atoms with van der Waals surface area (Å²) in [7, 11) is -4.00. The minimum absolute atomic E-state index is 0.155. The zero-order valence-corrected chi connectivity index (χ0v) is 12.7. The molecule has 0 amide bonds. The van der Waals surface area contributed by atoms with E-state index in [0.29, 0.717) is 5.56 Å². The number of rotatable bonds is 6. The first kappa shape index (κ1) is 17.0. The zero-order valence-electron chi connectivity index (χ0n) is 11.9. The Hall–Kier alpha value is -3.34. The average Bonchev–Trinajstić information content (AvgIpc) is 2.55. The van der Waals surface area contributed by atoms with Gasteiger partial charge in [-0.05, 0) is 12.1 Å². The van der Waals surface area contributed by atoms with Crippen LogP contribution in [-0.2, 0) is 10.0 Å². The third-order valence-electron chi connectivity index (χ3n) is 2.83. The zero-order chi connectivity index (χ0) is 17.7. The van der Waals surface area contributed by atoms with Crippen molar-refractivity contribution in [1.82, 2.24) is 4.83 Å². The Morgan fingerprint density at radius 2 is 1.58 bits per heavy atom. The molecule has 2 rings (SSSR count). The molecule has 0 aliphatic rings. The molecular weight excluding hydrogens is 340 g/mol. The lowest BCUT2D eigenvalue weighted by atomic mass is 10.2. The second kappa shape index (κ2) is 6.83. The van der Waals surface area contributed by atoms with E-state index in [2.05, 4.69) is 5.10 Å². The topological polar surface area (TPSA) is 145 Å². The first-order valence-corrected chi connectivity index (χ1v) is 7.82. The van der Waals surface area contributed by atoms with E-state index in [0.717, 1.165) is 30.5 Å². The summed E-state index contributed by atoms with van der Waals surface area (Å²) in [5.74, 6) is 0. The maximum Gasteiger partial charge on any atom is 0.276 e. The first-order valence-electron chi connectivity index (χ1n) is 6.33. The molecule has 124 valence electrons. The summed E-state index contributed by atoms with van der Waals surface area (Å²) in [4.78, 5) is 21.7. The second-order valence-electron chi connectivity index (χ2n) is 4.46. The Morgan fingerprint density at radius 1 is 0.958 bits per heavy atom. The highest BCUT2D eigenvalue weighted by molar-refractivity contribution is 7.89. The number of hydrazone groups is 1. The van der Waals surface area contributed by atoms with Gasteiger partial charge >= 0.3 is 0 Å². The monoisotopic (exact) mass is 350 g/mol. The fourth-order valence-electron chi connectivity index (χ4n) is 1.69. The van der Waals surface area contributed by atoms with Crippen LogP contribution >= 0.6 is 0 Å². The van der Waals surface area contributed by atoms with E-state index in [1.807, 2.05) is 4.83 Å². The molecule has 0 bridgehead atoms. The molecule has 11 heteroatoms. The highest BCUT2D eigenvalue weighted by Gasteiger charge is 2.14. The molecule has 0 fully saturated rings. The van der Waals surface area contributed by atoms with Gasteiger partial charge in [-0.15, -0.1) is 0 Å². The molecule has 0 heterocycles. The van der Waals surface area contributed by atoms with Crippen LogP contribution in [0.4, 0.5) is 11.4 Å². The van der Waals surface area contributed by atoms with Crippen LogP contribution in [-0.4, -0.2) is 24.5 Å². The van der Waals surface area contributed by atoms with Gasteiger partial charge in [0.1, 0.15) is 0 Å². The van der Waals surface area contributed by atoms with E-state index in [9.17, 15) is 28.6 Å². The van der Waals surface area contributed by atoms with Crippen LogP contribution in [0, 0.1) is 20.2 Å². The number of non-ortho nitro benzene ring substituents is 2. The van der Waals surface area contributed by atoms with Gasteiger partial charge < -0.3 is 0 Å². The van der Waals surface area contributed by atoms with Gasteiger partial charge in [-0.3, -0.25) is 20.2 Å². The van der Waals surface area contributed by atoms with E-state index < -0.39 is 19.9 Å². The van der Waals surface area contributed by atoms with Crippen molar-refractivity contribution < 1.29 is 18.3 Å². The molecule has 1 N–H and O–H groups in total. The minimum atomic E-state index is -4.00. The van der Waals surface area contributed by atoms with Gasteiger partial charge in [-0.1, -0.05) is 12.1 Å². The van der Waals surface area contributed by atoms with E-state index >= 15 is 0 Å². The molecular formula is C13H10N4O6S. The molecule has 0 aromatic heterocycles. The third kappa shape index (κ3) is 4.10. The molecule has 2 aromatic carbocycles. The van der Waals surface area contributed by atoms with Gasteiger partial charge in [0.2, 0.25) is 0 Å². The predicted molar refractivity (Wildman–Crippen MR) is 84.1 cm³/mol. The Morgan fingerprint density at radius 3 is 2.17 bits per heavy atom. The summed E-state index contributed by atoms with van der Waals surface area (Å²) in [6.45, 7) is 0. The van der Waals surface area contributed by atoms with Crippen molar-refractivity contribution in [2.24, 2.45) is 5.10 Å². The molecule has 2 aromatic rings. The van der Waals surface area contributed by atoms with Gasteiger partial charge in [-0.25, -0.2) is 4.83 Å². The fourth-order valence-corrected chi connectivity index (χ4v) is 2.48. The van der Waals surface area contributed by atoms with Gasteiger partial charge in [0.25, 0.3) is 21.4 Å². The van der Waals surface area contributed by atoms with Gasteiger partial charge in [0.05, 0.1) is 21.0 Å². The molecule has 0 radical (unpaired) electrons. The van der Waals surface area contributed by atoms with Crippen LogP contribution in [0.15, 0.2) is 58.5 Å². The Bertz CT molecular complexity index is 908. The van der Waals surface area contributed by atoms with Gasteiger partial charge in [0.15, 0.2) is 0 Å². The van der Waals surface area contributed by atoms with Crippen LogP contribution in [0.3, 0.4) is 0 Å². The van der Waals surface area contributed by atoms with E-state index in [-0.39, 0.29) is 16.3 Å². The maximum absolute atomic E-state index is 12.0. The predicted octanol–water partition coefficient (Wildman–Crippen LogP) is 1.82. The number of nitro benzene ring substituents is 2. The fraction of sp³-hybridized carbons (Fsp3) is 0. The number of nitrogens with zero attached hydrogens (tertiary/aromatic N) is 3. The maximum atomic E-state index is 12.0. The van der Waals surface area contributed by atoms with E-state index in [1.165, 1.54) is 24.3 Å². The lowest BCUT2D eigenvalue weighted by Gasteiger charge is -2.02. The van der Waals surface area contributed by atoms with Crippen LogP contribution in [0.1, 0.15) is 5.56 Å². The smallest absolute Gasteiger partial charge is 0.258 e. The first-order chi connectivity index (χ1) is 11.3. The average molecular weight is 350 g/mol. The Balaban J connectivity index is 2.13. The summed E-state index contributed by atoms with van der Waals surface area (Å²) >= 11 is 0. The summed E-state index contributed by atoms with van der Waals surface area (Å²) in [6, 6.07) is 9.72. The number of sulfonamides is 1. The van der Waals surface area contributed by atoms with Crippen molar-refractivity contribution in [3.63, 3.8) is 0 Å². The molecule has 24 heavy (non-hydrogen) atoms. The number of benzene rings is 2. The molecule has 10 nitrogen and oxygen atoms in total. The van der Waals surface area contributed by atoms with Crippen molar-refractivity contribution >= 4 is 27.6 Å². The van der Waals surface area contributed by atoms with Crippen molar-refractivity contribution in [1.29, 1.82) is 0 Å². The number of nitrogens with one attached hydrogen (secondary N) is 1. The lowest BCUT2D eigenvalue weighted by Crippen LogP contribution is -2.18. The van der Waals surface area contributed by atoms with Crippen LogP contribution in [0.2, 0.25) is 0 Å². The quantitative estimate of drug-likeness (QED) is 0.478. The summed E-state index contributed by atoms with van der Waals surface area (Å²) in [5, 5.41) is 24.7. The molecule has 0 atom stereocenters. The summed E-state index contributed by atoms with van der Waals surface area (Å²) < 4.78 is 24.0. The number of hydrogen-bond donors (Lipinski definition) is 1. The molecule has 0 unspecified atom stereocenters. The highest BCUT2D eigenvalue weighted by atomic mass is 32.2. The van der Waals surface area contributed by atoms with Crippen molar-refractivity contribution in [2.45, 2.75) is 4.90 Å². The molecule has 0 saturated carbocycles. The summed E-state index contributed by atoms with van der Waals surface area (Å²) in [5.41, 5.74) is -0.0678. The molecule has 0 aliphatic heterocycles. The Kier molecular flexibility index (Phi) is 4.84. The van der Waals surface area contributed by atoms with Crippen molar-refractivity contribution in [3.8, 4) is 0 Å². The van der Waals surface area contributed by atoms with Crippen LogP contribution in [0.5, 0.6) is 0 Å². The minimum Gasteiger partial charge on any atom is -0.258 e. The van der Waals surface area contributed by atoms with E-state index in [1.54, 1.807) is 0 Å². The normalized spacial score (nSPS) is 11.3. The Labute approximate surface area is 135 Å². The van der Waals surface area contributed by atoms with Crippen molar-refractivity contribution in [3.05, 3.63) is 74.3 Å². The summed E-state index contributed by atoms with van der Waals surface area (Å²) in [6.07, 6.45) is 1.11. The third-order valence-corrected chi connectivity index (χ3v) is 4.06. The number of hydrogen-bond acceptors (Lipinski definition) is 7. The molecule has 0 spiro atoms. The molecule has 0 aliphatic carbocycles. The van der Waals surface area contributed by atoms with Gasteiger partial charge in [-0.2, -0.15) is 13.5 Å². The standard InChI is InChI=1S/C13H10N4O6S/c18-16(19)11-4-6-13(7-5-11)24(22,23)15-14-9-10-2-1-3-12(8-10)17(20)21/h1-9,15H.